The molecule has 1 aromatic heterocycles. The fourth-order valence-corrected chi connectivity index (χ4v) is 3.84. The number of hydrogen-bond acceptors (Lipinski definition) is 7. The summed E-state index contributed by atoms with van der Waals surface area (Å²) in [7, 11) is 0. The van der Waals surface area contributed by atoms with Crippen LogP contribution in [0, 0.1) is 0 Å². The Labute approximate surface area is 158 Å². The molecule has 27 heavy (non-hydrogen) atoms. The Bertz CT molecular complexity index is 789. The number of aromatic nitrogens is 2. The van der Waals surface area contributed by atoms with E-state index in [9.17, 15) is 0 Å². The summed E-state index contributed by atoms with van der Waals surface area (Å²) in [6.07, 6.45) is 1.87. The number of fused-ring (bicyclic) bond motifs is 1. The predicted molar refractivity (Wildman–Crippen MR) is 102 cm³/mol. The molecule has 4 heterocycles. The first-order chi connectivity index (χ1) is 13.4. The molecule has 3 aliphatic heterocycles. The molecule has 0 radical (unpaired) electrons. The summed E-state index contributed by atoms with van der Waals surface area (Å²) >= 11 is 0. The summed E-state index contributed by atoms with van der Waals surface area (Å²) in [6, 6.07) is 10.4. The van der Waals surface area contributed by atoms with E-state index < -0.39 is 0 Å². The number of rotatable bonds is 4. The first-order valence-corrected chi connectivity index (χ1v) is 9.69. The quantitative estimate of drug-likeness (QED) is 0.820. The molecule has 3 aliphatic rings. The van der Waals surface area contributed by atoms with E-state index in [-0.39, 0.29) is 6.10 Å². The lowest BCUT2D eigenvalue weighted by atomic mass is 10.2. The second-order valence-electron chi connectivity index (χ2n) is 7.07. The van der Waals surface area contributed by atoms with Gasteiger partial charge in [-0.05, 0) is 18.6 Å². The highest BCUT2D eigenvalue weighted by molar-refractivity contribution is 5.69. The maximum Gasteiger partial charge on any atom is 0.230 e. The molecule has 0 saturated carbocycles. The third kappa shape index (κ3) is 3.33. The van der Waals surface area contributed by atoms with Gasteiger partial charge in [-0.15, -0.1) is 0 Å². The standard InChI is InChI=1S/C20H24N4O3/c1-2-4-15(5-3-1)24-8-6-17-18(24)21-20(23-9-12-25-13-10-23)22-19(17)27-16-7-11-26-14-16/h1-5,16H,6-14H2. The van der Waals surface area contributed by atoms with Crippen molar-refractivity contribution >= 4 is 17.5 Å². The van der Waals surface area contributed by atoms with Crippen LogP contribution in [0.3, 0.4) is 0 Å². The number of para-hydroxylation sites is 1. The molecule has 2 saturated heterocycles. The maximum atomic E-state index is 6.27. The van der Waals surface area contributed by atoms with Crippen LogP contribution in [0.4, 0.5) is 17.5 Å². The summed E-state index contributed by atoms with van der Waals surface area (Å²) in [6.45, 7) is 5.29. The monoisotopic (exact) mass is 368 g/mol. The first-order valence-electron chi connectivity index (χ1n) is 9.69. The van der Waals surface area contributed by atoms with Crippen molar-refractivity contribution in [3.63, 3.8) is 0 Å². The van der Waals surface area contributed by atoms with Crippen LogP contribution in [0.1, 0.15) is 12.0 Å². The second kappa shape index (κ2) is 7.32. The number of benzene rings is 1. The van der Waals surface area contributed by atoms with Crippen LogP contribution in [0.15, 0.2) is 30.3 Å². The molecule has 2 aromatic rings. The zero-order chi connectivity index (χ0) is 18.1. The second-order valence-corrected chi connectivity index (χ2v) is 7.07. The van der Waals surface area contributed by atoms with Gasteiger partial charge in [0, 0.05) is 31.7 Å². The van der Waals surface area contributed by atoms with E-state index in [0.717, 1.165) is 68.0 Å². The molecule has 142 valence electrons. The largest absolute Gasteiger partial charge is 0.471 e. The molecule has 1 unspecified atom stereocenters. The Morgan fingerprint density at radius 2 is 1.81 bits per heavy atom. The van der Waals surface area contributed by atoms with Gasteiger partial charge >= 0.3 is 0 Å². The van der Waals surface area contributed by atoms with Gasteiger partial charge in [-0.25, -0.2) is 0 Å². The molecule has 1 atom stereocenters. The molecular weight excluding hydrogens is 344 g/mol. The Hall–Kier alpha value is -2.38. The van der Waals surface area contributed by atoms with E-state index in [0.29, 0.717) is 19.8 Å². The van der Waals surface area contributed by atoms with Gasteiger partial charge in [0.05, 0.1) is 32.0 Å². The van der Waals surface area contributed by atoms with E-state index in [1.165, 1.54) is 0 Å². The van der Waals surface area contributed by atoms with Crippen molar-refractivity contribution in [1.82, 2.24) is 9.97 Å². The van der Waals surface area contributed by atoms with Gasteiger partial charge in [0.15, 0.2) is 0 Å². The molecule has 0 amide bonds. The smallest absolute Gasteiger partial charge is 0.230 e. The van der Waals surface area contributed by atoms with E-state index in [2.05, 4.69) is 34.1 Å². The average Bonchev–Trinajstić information content (AvgIpc) is 3.39. The lowest BCUT2D eigenvalue weighted by Gasteiger charge is -2.28. The maximum absolute atomic E-state index is 6.27. The molecule has 0 N–H and O–H groups in total. The topological polar surface area (TPSA) is 60.0 Å². The fraction of sp³-hybridized carbons (Fsp3) is 0.500. The van der Waals surface area contributed by atoms with Crippen LogP contribution in [0.2, 0.25) is 0 Å². The van der Waals surface area contributed by atoms with Crippen molar-refractivity contribution in [3.05, 3.63) is 35.9 Å². The highest BCUT2D eigenvalue weighted by Crippen LogP contribution is 2.39. The Balaban J connectivity index is 1.53. The first kappa shape index (κ1) is 16.8. The molecule has 7 heteroatoms. The van der Waals surface area contributed by atoms with Gasteiger partial charge in [0.25, 0.3) is 0 Å². The van der Waals surface area contributed by atoms with Gasteiger partial charge < -0.3 is 24.0 Å². The molecule has 7 nitrogen and oxygen atoms in total. The van der Waals surface area contributed by atoms with Crippen LogP contribution in [-0.4, -0.2) is 62.1 Å². The van der Waals surface area contributed by atoms with Crippen molar-refractivity contribution in [2.75, 3.05) is 55.9 Å². The van der Waals surface area contributed by atoms with Crippen molar-refractivity contribution < 1.29 is 14.2 Å². The molecule has 2 fully saturated rings. The summed E-state index contributed by atoms with van der Waals surface area (Å²) in [5.41, 5.74) is 2.25. The normalized spacial score (nSPS) is 22.1. The zero-order valence-electron chi connectivity index (χ0n) is 15.3. The van der Waals surface area contributed by atoms with Gasteiger partial charge in [-0.3, -0.25) is 0 Å². The summed E-state index contributed by atoms with van der Waals surface area (Å²) in [4.78, 5) is 14.2. The van der Waals surface area contributed by atoms with E-state index in [1.54, 1.807) is 0 Å². The Kier molecular flexibility index (Phi) is 4.55. The fourth-order valence-electron chi connectivity index (χ4n) is 3.84. The lowest BCUT2D eigenvalue weighted by Crippen LogP contribution is -2.37. The third-order valence-corrected chi connectivity index (χ3v) is 5.30. The van der Waals surface area contributed by atoms with E-state index >= 15 is 0 Å². The van der Waals surface area contributed by atoms with Crippen LogP contribution in [0.5, 0.6) is 5.88 Å². The summed E-state index contributed by atoms with van der Waals surface area (Å²) in [5, 5.41) is 0. The van der Waals surface area contributed by atoms with E-state index in [4.69, 9.17) is 24.2 Å². The summed E-state index contributed by atoms with van der Waals surface area (Å²) < 4.78 is 17.2. The number of morpholine rings is 1. The number of anilines is 3. The SMILES string of the molecule is c1ccc(N2CCc3c(OC4CCOC4)nc(N4CCOCC4)nc32)cc1. The van der Waals surface area contributed by atoms with E-state index in [1.807, 2.05) is 6.07 Å². The van der Waals surface area contributed by atoms with Gasteiger partial charge in [0.1, 0.15) is 11.9 Å². The number of ether oxygens (including phenoxy) is 3. The zero-order valence-corrected chi connectivity index (χ0v) is 15.3. The summed E-state index contributed by atoms with van der Waals surface area (Å²) in [5.74, 6) is 2.41. The van der Waals surface area contributed by atoms with Crippen molar-refractivity contribution in [2.45, 2.75) is 18.9 Å². The van der Waals surface area contributed by atoms with Gasteiger partial charge in [0.2, 0.25) is 11.8 Å². The van der Waals surface area contributed by atoms with Crippen LogP contribution in [0.25, 0.3) is 0 Å². The minimum Gasteiger partial charge on any atom is -0.471 e. The third-order valence-electron chi connectivity index (χ3n) is 5.30. The average molecular weight is 368 g/mol. The number of nitrogens with zero attached hydrogens (tertiary/aromatic N) is 4. The highest BCUT2D eigenvalue weighted by atomic mass is 16.5. The van der Waals surface area contributed by atoms with Crippen LogP contribution >= 0.6 is 0 Å². The predicted octanol–water partition coefficient (Wildman–Crippen LogP) is 2.18. The van der Waals surface area contributed by atoms with Crippen molar-refractivity contribution in [1.29, 1.82) is 0 Å². The van der Waals surface area contributed by atoms with Crippen molar-refractivity contribution in [3.8, 4) is 5.88 Å². The molecule has 0 bridgehead atoms. The van der Waals surface area contributed by atoms with Gasteiger partial charge in [-0.1, -0.05) is 18.2 Å². The highest BCUT2D eigenvalue weighted by Gasteiger charge is 2.31. The Morgan fingerprint density at radius 3 is 2.59 bits per heavy atom. The molecule has 1 aromatic carbocycles. The van der Waals surface area contributed by atoms with Gasteiger partial charge in [-0.2, -0.15) is 9.97 Å². The van der Waals surface area contributed by atoms with Crippen LogP contribution < -0.4 is 14.5 Å². The molecule has 0 spiro atoms. The minimum absolute atomic E-state index is 0.0762. The number of hydrogen-bond donors (Lipinski definition) is 0. The molecule has 5 rings (SSSR count). The minimum atomic E-state index is 0.0762. The molecule has 0 aliphatic carbocycles. The molecular formula is C20H24N4O3. The Morgan fingerprint density at radius 1 is 0.963 bits per heavy atom. The van der Waals surface area contributed by atoms with Crippen LogP contribution in [-0.2, 0) is 15.9 Å². The lowest BCUT2D eigenvalue weighted by molar-refractivity contribution is 0.121. The van der Waals surface area contributed by atoms with Crippen molar-refractivity contribution in [2.24, 2.45) is 0 Å².